The van der Waals surface area contributed by atoms with Crippen LogP contribution in [0.25, 0.3) is 0 Å². The molecule has 1 aromatic carbocycles. The van der Waals surface area contributed by atoms with Crippen molar-refractivity contribution in [1.29, 1.82) is 0 Å². The van der Waals surface area contributed by atoms with Crippen LogP contribution in [0.3, 0.4) is 0 Å². The van der Waals surface area contributed by atoms with Gasteiger partial charge < -0.3 is 10.0 Å². The summed E-state index contributed by atoms with van der Waals surface area (Å²) in [5, 5.41) is 8.90. The lowest BCUT2D eigenvalue weighted by Gasteiger charge is -2.27. The molecule has 1 heterocycles. The lowest BCUT2D eigenvalue weighted by atomic mass is 10.1. The molecule has 0 radical (unpaired) electrons. The zero-order valence-electron chi connectivity index (χ0n) is 15.1. The summed E-state index contributed by atoms with van der Waals surface area (Å²) in [4.78, 5) is 28.8. The van der Waals surface area contributed by atoms with Crippen molar-refractivity contribution < 1.29 is 14.7 Å². The molecule has 1 aromatic rings. The number of thioether (sulfide) groups is 1. The molecule has 0 saturated carbocycles. The van der Waals surface area contributed by atoms with Crippen molar-refractivity contribution in [1.82, 2.24) is 9.80 Å². The third-order valence-corrected chi connectivity index (χ3v) is 6.05. The smallest absolute Gasteiger partial charge is 0.317 e. The highest BCUT2D eigenvalue weighted by molar-refractivity contribution is 8.00. The molecule has 2 atom stereocenters. The maximum Gasteiger partial charge on any atom is 0.317 e. The molecule has 1 aliphatic heterocycles. The minimum atomic E-state index is -0.801. The molecule has 138 valence electrons. The van der Waals surface area contributed by atoms with Gasteiger partial charge in [-0.1, -0.05) is 25.1 Å². The fraction of sp³-hybridized carbons (Fsp3) is 0.579. The topological polar surface area (TPSA) is 60.9 Å². The van der Waals surface area contributed by atoms with E-state index in [1.165, 1.54) is 0 Å². The fourth-order valence-electron chi connectivity index (χ4n) is 3.26. The summed E-state index contributed by atoms with van der Waals surface area (Å²) in [7, 11) is 1.86. The lowest BCUT2D eigenvalue weighted by Crippen LogP contribution is -2.40. The molecule has 1 N–H and O–H groups in total. The van der Waals surface area contributed by atoms with E-state index in [4.69, 9.17) is 5.11 Å². The van der Waals surface area contributed by atoms with E-state index in [-0.39, 0.29) is 23.7 Å². The first-order valence-electron chi connectivity index (χ1n) is 8.93. The Morgan fingerprint density at radius 1 is 1.28 bits per heavy atom. The molecule has 0 aromatic heterocycles. The minimum absolute atomic E-state index is 0.0556. The predicted molar refractivity (Wildman–Crippen MR) is 101 cm³/mol. The highest BCUT2D eigenvalue weighted by Gasteiger charge is 2.28. The Kier molecular flexibility index (Phi) is 7.78. The number of carboxylic acids is 1. The molecule has 1 saturated heterocycles. The number of likely N-dealkylation sites (tertiary alicyclic amines) is 1. The van der Waals surface area contributed by atoms with E-state index >= 15 is 0 Å². The van der Waals surface area contributed by atoms with E-state index < -0.39 is 5.97 Å². The van der Waals surface area contributed by atoms with Crippen molar-refractivity contribution >= 4 is 23.6 Å². The van der Waals surface area contributed by atoms with Gasteiger partial charge in [-0.15, -0.1) is 11.8 Å². The van der Waals surface area contributed by atoms with E-state index in [1.54, 1.807) is 11.8 Å². The van der Waals surface area contributed by atoms with Crippen molar-refractivity contribution in [2.24, 2.45) is 0 Å². The summed E-state index contributed by atoms with van der Waals surface area (Å²) in [6, 6.07) is 10.3. The van der Waals surface area contributed by atoms with Crippen molar-refractivity contribution in [3.05, 3.63) is 30.3 Å². The van der Waals surface area contributed by atoms with E-state index in [1.807, 2.05) is 47.2 Å². The highest BCUT2D eigenvalue weighted by Crippen LogP contribution is 2.27. The molecule has 0 aliphatic carbocycles. The number of carbonyl (C=O) groups excluding carboxylic acids is 1. The SMILES string of the molecule is CCC(Sc1ccccc1)C(=O)N1CCCC(N(C)CC(=O)O)CC1. The van der Waals surface area contributed by atoms with Gasteiger partial charge in [0.2, 0.25) is 5.91 Å². The van der Waals surface area contributed by atoms with Crippen LogP contribution in [-0.4, -0.2) is 64.8 Å². The minimum Gasteiger partial charge on any atom is -0.480 e. The molecule has 5 nitrogen and oxygen atoms in total. The number of hydrogen-bond acceptors (Lipinski definition) is 4. The number of carbonyl (C=O) groups is 2. The van der Waals surface area contributed by atoms with Crippen molar-refractivity contribution in [3.63, 3.8) is 0 Å². The van der Waals surface area contributed by atoms with Gasteiger partial charge in [0.05, 0.1) is 11.8 Å². The number of nitrogens with zero attached hydrogens (tertiary/aromatic N) is 2. The molecule has 6 heteroatoms. The summed E-state index contributed by atoms with van der Waals surface area (Å²) in [5.41, 5.74) is 0. The Hall–Kier alpha value is -1.53. The molecular weight excluding hydrogens is 336 g/mol. The Balaban J connectivity index is 1.93. The molecule has 1 fully saturated rings. The first-order chi connectivity index (χ1) is 12.0. The third-order valence-electron chi connectivity index (χ3n) is 4.69. The fourth-order valence-corrected chi connectivity index (χ4v) is 4.32. The maximum absolute atomic E-state index is 12.9. The van der Waals surface area contributed by atoms with Gasteiger partial charge >= 0.3 is 5.97 Å². The first kappa shape index (κ1) is 19.8. The van der Waals surface area contributed by atoms with Crippen LogP contribution in [0.2, 0.25) is 0 Å². The number of benzene rings is 1. The number of hydrogen-bond donors (Lipinski definition) is 1. The molecule has 25 heavy (non-hydrogen) atoms. The second-order valence-electron chi connectivity index (χ2n) is 6.55. The number of amides is 1. The van der Waals surface area contributed by atoms with Gasteiger partial charge in [0.25, 0.3) is 0 Å². The maximum atomic E-state index is 12.9. The van der Waals surface area contributed by atoms with Crippen LogP contribution in [0.15, 0.2) is 35.2 Å². The number of aliphatic carboxylic acids is 1. The van der Waals surface area contributed by atoms with Crippen molar-refractivity contribution in [2.75, 3.05) is 26.7 Å². The number of rotatable bonds is 7. The zero-order chi connectivity index (χ0) is 18.2. The number of carboxylic acid groups (broad SMARTS) is 1. The van der Waals surface area contributed by atoms with Crippen LogP contribution in [0, 0.1) is 0 Å². The van der Waals surface area contributed by atoms with Gasteiger partial charge in [0.1, 0.15) is 0 Å². The standard InChI is InChI=1S/C19H28N2O3S/c1-3-17(25-16-9-5-4-6-10-16)19(24)21-12-7-8-15(11-13-21)20(2)14-18(22)23/h4-6,9-10,15,17H,3,7-8,11-14H2,1-2H3,(H,22,23). The van der Waals surface area contributed by atoms with E-state index in [0.717, 1.165) is 37.1 Å². The van der Waals surface area contributed by atoms with Crippen LogP contribution in [0.1, 0.15) is 32.6 Å². The summed E-state index contributed by atoms with van der Waals surface area (Å²) >= 11 is 1.63. The zero-order valence-corrected chi connectivity index (χ0v) is 15.9. The Labute approximate surface area is 154 Å². The molecule has 1 aliphatic rings. The van der Waals surface area contributed by atoms with Crippen molar-refractivity contribution in [3.8, 4) is 0 Å². The average molecular weight is 365 g/mol. The number of likely N-dealkylation sites (N-methyl/N-ethyl adjacent to an activating group) is 1. The van der Waals surface area contributed by atoms with Gasteiger partial charge in [-0.05, 0) is 44.9 Å². The summed E-state index contributed by atoms with van der Waals surface area (Å²) in [5.74, 6) is -0.595. The second-order valence-corrected chi connectivity index (χ2v) is 7.82. The van der Waals surface area contributed by atoms with Crippen molar-refractivity contribution in [2.45, 2.75) is 48.8 Å². The summed E-state index contributed by atoms with van der Waals surface area (Å²) in [6.07, 6.45) is 3.50. The van der Waals surface area contributed by atoms with Gasteiger partial charge in [0.15, 0.2) is 0 Å². The lowest BCUT2D eigenvalue weighted by molar-refractivity contribution is -0.138. The second kappa shape index (κ2) is 9.82. The molecule has 1 amide bonds. The third kappa shape index (κ3) is 6.04. The summed E-state index contributed by atoms with van der Waals surface area (Å²) in [6.45, 7) is 3.58. The molecule has 2 unspecified atom stereocenters. The Morgan fingerprint density at radius 3 is 2.64 bits per heavy atom. The monoisotopic (exact) mass is 364 g/mol. The van der Waals surface area contributed by atoms with E-state index in [0.29, 0.717) is 6.54 Å². The van der Waals surface area contributed by atoms with E-state index in [9.17, 15) is 9.59 Å². The molecule has 2 rings (SSSR count). The predicted octanol–water partition coefficient (Wildman–Crippen LogP) is 2.95. The molecular formula is C19H28N2O3S. The van der Waals surface area contributed by atoms with Gasteiger partial charge in [-0.25, -0.2) is 0 Å². The largest absolute Gasteiger partial charge is 0.480 e. The Bertz CT molecular complexity index is 567. The van der Waals surface area contributed by atoms with Gasteiger partial charge in [-0.3, -0.25) is 14.5 Å². The van der Waals surface area contributed by atoms with Crippen LogP contribution < -0.4 is 0 Å². The highest BCUT2D eigenvalue weighted by atomic mass is 32.2. The van der Waals surface area contributed by atoms with Crippen LogP contribution in [0.4, 0.5) is 0 Å². The van der Waals surface area contributed by atoms with Gasteiger partial charge in [-0.2, -0.15) is 0 Å². The Morgan fingerprint density at radius 2 is 2.00 bits per heavy atom. The van der Waals surface area contributed by atoms with E-state index in [2.05, 4.69) is 6.92 Å². The summed E-state index contributed by atoms with van der Waals surface area (Å²) < 4.78 is 0. The van der Waals surface area contributed by atoms with Crippen LogP contribution in [0.5, 0.6) is 0 Å². The normalized spacial score (nSPS) is 19.5. The molecule has 0 bridgehead atoms. The first-order valence-corrected chi connectivity index (χ1v) is 9.81. The average Bonchev–Trinajstić information content (AvgIpc) is 2.85. The molecule has 0 spiro atoms. The van der Waals surface area contributed by atoms with Gasteiger partial charge in [0, 0.05) is 24.0 Å². The van der Waals surface area contributed by atoms with Crippen LogP contribution >= 0.6 is 11.8 Å². The van der Waals surface area contributed by atoms with Crippen LogP contribution in [-0.2, 0) is 9.59 Å². The quantitative estimate of drug-likeness (QED) is 0.754.